The molecule has 118 valence electrons. The highest BCUT2D eigenvalue weighted by molar-refractivity contribution is 5.46. The lowest BCUT2D eigenvalue weighted by Crippen LogP contribution is -1.99. The van der Waals surface area contributed by atoms with Crippen molar-refractivity contribution in [1.29, 1.82) is 0 Å². The van der Waals surface area contributed by atoms with Crippen LogP contribution >= 0.6 is 0 Å². The first-order chi connectivity index (χ1) is 10.5. The second-order valence-corrected chi connectivity index (χ2v) is 6.32. The molecule has 0 bridgehead atoms. The third-order valence-electron chi connectivity index (χ3n) is 4.51. The van der Waals surface area contributed by atoms with Gasteiger partial charge in [0.25, 0.3) is 0 Å². The molecule has 0 fully saturated rings. The minimum Gasteiger partial charge on any atom is -0.211 e. The fraction of sp³-hybridized carbons (Fsp3) is 0.429. The van der Waals surface area contributed by atoms with Gasteiger partial charge in [-0.1, -0.05) is 42.8 Å². The first-order valence-corrected chi connectivity index (χ1v) is 8.32. The minimum absolute atomic E-state index is 0.0612. The third kappa shape index (κ3) is 4.19. The van der Waals surface area contributed by atoms with Crippen molar-refractivity contribution >= 4 is 0 Å². The average molecular weight is 298 g/mol. The van der Waals surface area contributed by atoms with E-state index in [0.29, 0.717) is 0 Å². The van der Waals surface area contributed by atoms with Crippen molar-refractivity contribution in [2.24, 2.45) is 0 Å². The summed E-state index contributed by atoms with van der Waals surface area (Å²) >= 11 is 0. The lowest BCUT2D eigenvalue weighted by Gasteiger charge is -2.17. The quantitative estimate of drug-likeness (QED) is 0.603. The van der Waals surface area contributed by atoms with Crippen LogP contribution in [0.25, 0.3) is 0 Å². The zero-order valence-corrected chi connectivity index (χ0v) is 14.3. The Balaban J connectivity index is 2.08. The molecule has 0 amide bonds. The zero-order chi connectivity index (χ0) is 16.1. The number of rotatable bonds is 4. The first-order valence-electron chi connectivity index (χ1n) is 8.32. The summed E-state index contributed by atoms with van der Waals surface area (Å²) < 4.78 is 13.7. The molecule has 2 rings (SSSR count). The smallest absolute Gasteiger partial charge is 0.104 e. The summed E-state index contributed by atoms with van der Waals surface area (Å²) in [6, 6.07) is 6.75. The molecule has 0 nitrogen and oxygen atoms in total. The van der Waals surface area contributed by atoms with Gasteiger partial charge in [0.05, 0.1) is 0 Å². The largest absolute Gasteiger partial charge is 0.211 e. The van der Waals surface area contributed by atoms with Crippen molar-refractivity contribution in [3.63, 3.8) is 0 Å². The van der Waals surface area contributed by atoms with Crippen molar-refractivity contribution in [2.75, 3.05) is 0 Å². The van der Waals surface area contributed by atoms with Gasteiger partial charge in [-0.25, -0.2) is 4.39 Å². The normalized spacial score (nSPS) is 19.3. The Morgan fingerprint density at radius 2 is 2.00 bits per heavy atom. The maximum absolute atomic E-state index is 13.7. The summed E-state index contributed by atoms with van der Waals surface area (Å²) in [6.45, 7) is 8.01. The van der Waals surface area contributed by atoms with E-state index in [2.05, 4.69) is 45.0 Å². The number of hydrogen-bond donors (Lipinski definition) is 0. The number of hydrogen-bond acceptors (Lipinski definition) is 0. The van der Waals surface area contributed by atoms with Crippen molar-refractivity contribution < 1.29 is 4.39 Å². The number of halogens is 1. The highest BCUT2D eigenvalue weighted by Crippen LogP contribution is 2.30. The van der Waals surface area contributed by atoms with Crippen LogP contribution in [0.3, 0.4) is 0 Å². The predicted octanol–water partition coefficient (Wildman–Crippen LogP) is 6.40. The van der Waals surface area contributed by atoms with Gasteiger partial charge >= 0.3 is 0 Å². The molecule has 0 saturated carbocycles. The molecule has 0 heterocycles. The van der Waals surface area contributed by atoms with Crippen LogP contribution in [0.15, 0.2) is 52.9 Å². The van der Waals surface area contributed by atoms with Crippen molar-refractivity contribution in [2.45, 2.75) is 59.8 Å². The van der Waals surface area contributed by atoms with E-state index in [1.54, 1.807) is 6.92 Å². The van der Waals surface area contributed by atoms with Crippen LogP contribution in [0.1, 0.15) is 56.7 Å². The van der Waals surface area contributed by atoms with Gasteiger partial charge in [0.1, 0.15) is 5.83 Å². The first kappa shape index (κ1) is 16.7. The molecule has 1 aliphatic rings. The molecular formula is C21H27F. The summed E-state index contributed by atoms with van der Waals surface area (Å²) in [5, 5.41) is 0. The van der Waals surface area contributed by atoms with Crippen LogP contribution in [0, 0.1) is 6.92 Å². The average Bonchev–Trinajstić information content (AvgIpc) is 2.50. The molecule has 22 heavy (non-hydrogen) atoms. The molecule has 1 heteroatoms. The fourth-order valence-corrected chi connectivity index (χ4v) is 3.08. The van der Waals surface area contributed by atoms with Crippen molar-refractivity contribution in [1.82, 2.24) is 0 Å². The summed E-state index contributed by atoms with van der Waals surface area (Å²) in [5.74, 6) is -0.0612. The summed E-state index contributed by atoms with van der Waals surface area (Å²) in [4.78, 5) is 0. The van der Waals surface area contributed by atoms with Gasteiger partial charge in [-0.2, -0.15) is 0 Å². The summed E-state index contributed by atoms with van der Waals surface area (Å²) in [5.41, 5.74) is 7.44. The molecule has 0 atom stereocenters. The van der Waals surface area contributed by atoms with Gasteiger partial charge in [-0.3, -0.25) is 0 Å². The van der Waals surface area contributed by atoms with Crippen molar-refractivity contribution in [3.05, 3.63) is 69.6 Å². The van der Waals surface area contributed by atoms with E-state index >= 15 is 0 Å². The van der Waals surface area contributed by atoms with E-state index in [9.17, 15) is 4.39 Å². The highest BCUT2D eigenvalue weighted by atomic mass is 19.1. The van der Waals surface area contributed by atoms with Crippen LogP contribution in [0.5, 0.6) is 0 Å². The molecule has 1 aromatic rings. The van der Waals surface area contributed by atoms with E-state index in [-0.39, 0.29) is 5.83 Å². The van der Waals surface area contributed by atoms with E-state index in [4.69, 9.17) is 0 Å². The van der Waals surface area contributed by atoms with Gasteiger partial charge < -0.3 is 0 Å². The Labute approximate surface area is 134 Å². The van der Waals surface area contributed by atoms with Gasteiger partial charge in [0.2, 0.25) is 0 Å². The Bertz CT molecular complexity index is 625. The Morgan fingerprint density at radius 3 is 2.68 bits per heavy atom. The summed E-state index contributed by atoms with van der Waals surface area (Å²) in [7, 11) is 0. The van der Waals surface area contributed by atoms with Gasteiger partial charge in [-0.05, 0) is 75.1 Å². The van der Waals surface area contributed by atoms with Crippen molar-refractivity contribution in [3.8, 4) is 0 Å². The van der Waals surface area contributed by atoms with Gasteiger partial charge in [0, 0.05) is 5.57 Å². The zero-order valence-electron chi connectivity index (χ0n) is 14.3. The SMILES string of the molecule is CCc1cc(CC/C=C2/CCC(C)=C/C2=C(/C)F)ccc1C. The van der Waals surface area contributed by atoms with E-state index in [1.165, 1.54) is 27.8 Å². The van der Waals surface area contributed by atoms with Crippen LogP contribution in [-0.4, -0.2) is 0 Å². The van der Waals surface area contributed by atoms with Gasteiger partial charge in [-0.15, -0.1) is 0 Å². The van der Waals surface area contributed by atoms with E-state index in [1.807, 2.05) is 6.08 Å². The number of benzene rings is 1. The van der Waals surface area contributed by atoms with Crippen LogP contribution < -0.4 is 0 Å². The maximum atomic E-state index is 13.7. The lowest BCUT2D eigenvalue weighted by atomic mass is 9.89. The van der Waals surface area contributed by atoms with Crippen LogP contribution in [0.4, 0.5) is 4.39 Å². The summed E-state index contributed by atoms with van der Waals surface area (Å²) in [6.07, 6.45) is 9.33. The van der Waals surface area contributed by atoms with Crippen LogP contribution in [0.2, 0.25) is 0 Å². The van der Waals surface area contributed by atoms with Crippen LogP contribution in [-0.2, 0) is 12.8 Å². The third-order valence-corrected chi connectivity index (χ3v) is 4.51. The topological polar surface area (TPSA) is 0 Å². The molecule has 0 radical (unpaired) electrons. The second-order valence-electron chi connectivity index (χ2n) is 6.32. The Kier molecular flexibility index (Phi) is 5.76. The molecule has 1 aliphatic carbocycles. The van der Waals surface area contributed by atoms with E-state index < -0.39 is 0 Å². The second kappa shape index (κ2) is 7.58. The number of allylic oxidation sites excluding steroid dienone is 6. The van der Waals surface area contributed by atoms with E-state index in [0.717, 1.165) is 37.7 Å². The molecule has 0 saturated heterocycles. The van der Waals surface area contributed by atoms with Gasteiger partial charge in [0.15, 0.2) is 0 Å². The Morgan fingerprint density at radius 1 is 1.23 bits per heavy atom. The molecule has 0 spiro atoms. The maximum Gasteiger partial charge on any atom is 0.104 e. The molecular weight excluding hydrogens is 271 g/mol. The highest BCUT2D eigenvalue weighted by Gasteiger charge is 2.12. The standard InChI is InChI=1S/C21H27F/c1-5-19-14-18(11-10-16(19)3)7-6-8-20-12-9-15(2)13-21(20)17(4)22/h8,10-11,13-14H,5-7,9,12H2,1-4H3/b20-8-,21-17+. The monoisotopic (exact) mass is 298 g/mol. The lowest BCUT2D eigenvalue weighted by molar-refractivity contribution is 0.628. The Hall–Kier alpha value is -1.63. The molecule has 0 unspecified atom stereocenters. The number of aryl methyl sites for hydroxylation is 3. The molecule has 1 aromatic carbocycles. The minimum atomic E-state index is -0.0612. The fourth-order valence-electron chi connectivity index (χ4n) is 3.08. The molecule has 0 aromatic heterocycles. The molecule has 0 aliphatic heterocycles. The molecule has 0 N–H and O–H groups in total. The predicted molar refractivity (Wildman–Crippen MR) is 93.8 cm³/mol.